The summed E-state index contributed by atoms with van der Waals surface area (Å²) in [5, 5.41) is 40.9. The molecule has 17 rings (SSSR count). The van der Waals surface area contributed by atoms with Crippen LogP contribution in [0.2, 0.25) is 0 Å². The number of esters is 2. The molecule has 0 radical (unpaired) electrons. The van der Waals surface area contributed by atoms with E-state index in [4.69, 9.17) is 23.4 Å². The Morgan fingerprint density at radius 1 is 0.926 bits per heavy atom. The van der Waals surface area contributed by atoms with Crippen molar-refractivity contribution in [2.75, 3.05) is 26.4 Å². The maximum Gasteiger partial charge on any atom is 0.339 e. The SMILES string of the molecule is CC(C)C1C=CCC23OC45C(=CC12)CC1CCCC12CC1CC6(C)C(c7ccoc7CC(C(O)CO)C7CCC8C(C=CN9CNCC89)C7)OC(=O)C7OC76C6(C7CCCC(Cc8ccccc8)C7)C(O)C(=O)C3C4(COC(=O)C25)C16. The van der Waals surface area contributed by atoms with Gasteiger partial charge in [0.2, 0.25) is 0 Å². The molecule has 2 aromatic rings. The second-order valence-corrected chi connectivity index (χ2v) is 30.1. The zero-order valence-electron chi connectivity index (χ0n) is 47.6. The number of carbonyl (C=O) groups is 3. The molecule has 5 saturated heterocycles. The minimum absolute atomic E-state index is 0.0390. The maximum atomic E-state index is 17.3. The summed E-state index contributed by atoms with van der Waals surface area (Å²) in [7, 11) is 0. The lowest BCUT2D eigenvalue weighted by atomic mass is 9.29. The number of ketones is 1. The second-order valence-electron chi connectivity index (χ2n) is 30.1. The zero-order chi connectivity index (χ0) is 55.0. The number of fused-ring (bicyclic) bond motifs is 3. The molecule has 4 N–H and O–H groups in total. The summed E-state index contributed by atoms with van der Waals surface area (Å²) in [4.78, 5) is 50.9. The van der Waals surface area contributed by atoms with Gasteiger partial charge in [0, 0.05) is 41.3 Å². The molecular weight excluding hydrogens is 1020 g/mol. The second kappa shape index (κ2) is 17.3. The molecule has 13 heteroatoms. The number of aliphatic hydroxyl groups is 3. The van der Waals surface area contributed by atoms with Crippen LogP contribution in [-0.2, 0) is 46.2 Å². The molecule has 15 aliphatic rings. The predicted octanol–water partition coefficient (Wildman–Crippen LogP) is 8.61. The molecule has 8 aliphatic carbocycles. The van der Waals surface area contributed by atoms with Gasteiger partial charge in [0.15, 0.2) is 11.9 Å². The molecule has 5 spiro atoms. The summed E-state index contributed by atoms with van der Waals surface area (Å²) in [5.74, 6) is -1.04. The lowest BCUT2D eigenvalue weighted by molar-refractivity contribution is -0.301. The molecule has 432 valence electrons. The monoisotopic (exact) mass is 1100 g/mol. The van der Waals surface area contributed by atoms with Gasteiger partial charge in [-0.05, 0) is 171 Å². The highest BCUT2D eigenvalue weighted by molar-refractivity contribution is 5.94. The molecule has 81 heavy (non-hydrogen) atoms. The molecule has 5 bridgehead atoms. The first kappa shape index (κ1) is 51.3. The van der Waals surface area contributed by atoms with Gasteiger partial charge in [-0.1, -0.05) is 94.7 Å². The summed E-state index contributed by atoms with van der Waals surface area (Å²) < 4.78 is 36.5. The van der Waals surface area contributed by atoms with Gasteiger partial charge < -0.3 is 43.6 Å². The maximum absolute atomic E-state index is 17.3. The van der Waals surface area contributed by atoms with Crippen molar-refractivity contribution in [1.29, 1.82) is 0 Å². The van der Waals surface area contributed by atoms with E-state index in [0.29, 0.717) is 42.9 Å². The molecule has 1 aromatic carbocycles. The van der Waals surface area contributed by atoms with E-state index in [-0.39, 0.29) is 78.2 Å². The predicted molar refractivity (Wildman–Crippen MR) is 296 cm³/mol. The molecule has 0 amide bonds. The molecule has 7 saturated carbocycles. The first-order valence-electron chi connectivity index (χ1n) is 32.1. The molecule has 7 aliphatic heterocycles. The Hall–Kier alpha value is -4.11. The van der Waals surface area contributed by atoms with Gasteiger partial charge in [-0.2, -0.15) is 0 Å². The van der Waals surface area contributed by atoms with Crippen molar-refractivity contribution < 1.29 is 53.1 Å². The van der Waals surface area contributed by atoms with Crippen LogP contribution in [0.4, 0.5) is 0 Å². The fraction of sp³-hybridized carbons (Fsp3) is 0.721. The van der Waals surface area contributed by atoms with Gasteiger partial charge >= 0.3 is 11.9 Å². The van der Waals surface area contributed by atoms with Crippen LogP contribution in [0, 0.1) is 105 Å². The third-order valence-electron chi connectivity index (χ3n) is 27.3. The number of aliphatic hydroxyl groups excluding tert-OH is 3. The summed E-state index contributed by atoms with van der Waals surface area (Å²) in [5.41, 5.74) is -4.10. The van der Waals surface area contributed by atoms with Gasteiger partial charge in [-0.25, -0.2) is 4.79 Å². The molecular formula is C68H84N2O11. The van der Waals surface area contributed by atoms with E-state index in [0.717, 1.165) is 102 Å². The lowest BCUT2D eigenvalue weighted by Gasteiger charge is -2.73. The number of rotatable bonds is 10. The van der Waals surface area contributed by atoms with Crippen LogP contribution in [0.5, 0.6) is 0 Å². The van der Waals surface area contributed by atoms with Gasteiger partial charge in [-0.15, -0.1) is 0 Å². The first-order chi connectivity index (χ1) is 39.2. The quantitative estimate of drug-likeness (QED) is 0.101. The number of Topliss-reactive ketones (excluding diaryl/α,β-unsaturated/α-hetero) is 1. The van der Waals surface area contributed by atoms with Crippen molar-refractivity contribution in [3.05, 3.63) is 95.6 Å². The molecule has 1 aromatic heterocycles. The van der Waals surface area contributed by atoms with Gasteiger partial charge in [-0.3, -0.25) is 14.9 Å². The van der Waals surface area contributed by atoms with E-state index in [1.54, 1.807) is 6.26 Å². The fourth-order valence-electron chi connectivity index (χ4n) is 25.0. The van der Waals surface area contributed by atoms with Gasteiger partial charge in [0.05, 0.1) is 48.5 Å². The van der Waals surface area contributed by atoms with Gasteiger partial charge in [0.25, 0.3) is 0 Å². The van der Waals surface area contributed by atoms with Crippen LogP contribution < -0.4 is 5.32 Å². The van der Waals surface area contributed by atoms with Crippen LogP contribution in [0.3, 0.4) is 0 Å². The minimum Gasteiger partial charge on any atom is -0.469 e. The highest BCUT2D eigenvalue weighted by Gasteiger charge is 2.99. The van der Waals surface area contributed by atoms with Crippen LogP contribution in [0.15, 0.2) is 83.2 Å². The standard InChI is InChI=1S/C68H84N2O11/c1-36(2)45-15-9-21-65-49(45)28-44-27-42-14-8-20-63(42)31-41-30-62(3)58(47-19-23-77-52(47)29-48(51(72)33-71)39-16-17-46-40(26-39)18-22-70-35-69-32-50(46)70)79-61(76)59-68(62,80-59)66(43-13-7-12-38(25-43)24-37-10-5-4-6-11-37)54(41)64(55(65)53(73)57(66)74)34-78-60(75)56(63)67(44,64)81-65/h4-6,9-11,15,18-19,22-23,28,36,38-43,45-46,48-51,54-59,69,71-72,74H,7-8,12-14,16-17,20-21,24-27,29-35H2,1-3H3. The minimum atomic E-state index is -1.51. The molecule has 13 nitrogen and oxygen atoms in total. The Morgan fingerprint density at radius 2 is 1.78 bits per heavy atom. The number of nitrogens with zero attached hydrogens (tertiary/aromatic N) is 1. The van der Waals surface area contributed by atoms with E-state index >= 15 is 14.4 Å². The van der Waals surface area contributed by atoms with Gasteiger partial charge in [0.1, 0.15) is 35.8 Å². The van der Waals surface area contributed by atoms with Crippen LogP contribution in [0.25, 0.3) is 0 Å². The Labute approximate surface area is 476 Å². The summed E-state index contributed by atoms with van der Waals surface area (Å²) in [6.07, 6.45) is 22.1. The average molecular weight is 1110 g/mol. The molecule has 12 fully saturated rings. The van der Waals surface area contributed by atoms with Crippen molar-refractivity contribution in [3.8, 4) is 0 Å². The Morgan fingerprint density at radius 3 is 2.62 bits per heavy atom. The van der Waals surface area contributed by atoms with Crippen LogP contribution in [-0.4, -0.2) is 106 Å². The topological polar surface area (TPSA) is 181 Å². The number of hydrogen-bond donors (Lipinski definition) is 4. The lowest BCUT2D eigenvalue weighted by Crippen LogP contribution is -2.82. The third-order valence-corrected chi connectivity index (χ3v) is 27.3. The highest BCUT2D eigenvalue weighted by atomic mass is 16.7. The number of furan rings is 1. The van der Waals surface area contributed by atoms with E-state index in [9.17, 15) is 15.3 Å². The van der Waals surface area contributed by atoms with Crippen molar-refractivity contribution in [2.24, 2.45) is 105 Å². The Kier molecular flexibility index (Phi) is 11.0. The molecule has 25 atom stereocenters. The molecule has 8 heterocycles. The number of nitrogens with one attached hydrogen (secondary N) is 1. The van der Waals surface area contributed by atoms with Crippen LogP contribution in [0.1, 0.15) is 134 Å². The number of carbonyl (C=O) groups excluding carboxylic acids is 3. The normalized spacial score (nSPS) is 51.3. The third kappa shape index (κ3) is 6.04. The van der Waals surface area contributed by atoms with E-state index in [1.807, 2.05) is 6.07 Å². The molecule has 25 unspecified atom stereocenters. The van der Waals surface area contributed by atoms with Crippen molar-refractivity contribution in [3.63, 3.8) is 0 Å². The summed E-state index contributed by atoms with van der Waals surface area (Å²) >= 11 is 0. The number of epoxide rings is 1. The average Bonchev–Trinajstić information content (AvgIpc) is 1.50. The number of hydrogen-bond acceptors (Lipinski definition) is 13. The van der Waals surface area contributed by atoms with Crippen molar-refractivity contribution in [1.82, 2.24) is 10.2 Å². The van der Waals surface area contributed by atoms with E-state index in [1.165, 1.54) is 11.1 Å². The summed E-state index contributed by atoms with van der Waals surface area (Å²) in [6, 6.07) is 13.1. The van der Waals surface area contributed by atoms with Crippen molar-refractivity contribution in [2.45, 2.75) is 171 Å². The Bertz CT molecular complexity index is 3060. The van der Waals surface area contributed by atoms with E-state index in [2.05, 4.69) is 91.8 Å². The largest absolute Gasteiger partial charge is 0.469 e. The highest BCUT2D eigenvalue weighted by Crippen LogP contribution is 2.90. The number of cyclic esters (lactones) is 2. The van der Waals surface area contributed by atoms with Crippen molar-refractivity contribution >= 4 is 17.7 Å². The number of ether oxygens (including phenoxy) is 4. The fourth-order valence-corrected chi connectivity index (χ4v) is 25.0. The summed E-state index contributed by atoms with van der Waals surface area (Å²) in [6.45, 7) is 8.31. The van der Waals surface area contributed by atoms with Crippen LogP contribution >= 0.6 is 0 Å². The number of benzene rings is 1. The zero-order valence-corrected chi connectivity index (χ0v) is 47.6. The smallest absolute Gasteiger partial charge is 0.339 e. The first-order valence-corrected chi connectivity index (χ1v) is 32.1. The Balaban J connectivity index is 0.855. The van der Waals surface area contributed by atoms with E-state index < -0.39 is 86.6 Å². The number of allylic oxidation sites excluding steroid dienone is 2.